The van der Waals surface area contributed by atoms with Crippen LogP contribution in [0.25, 0.3) is 0 Å². The van der Waals surface area contributed by atoms with Crippen molar-refractivity contribution >= 4 is 11.7 Å². The molecule has 0 saturated heterocycles. The van der Waals surface area contributed by atoms with E-state index in [-0.39, 0.29) is 5.91 Å². The van der Waals surface area contributed by atoms with Crippen LogP contribution in [0.5, 0.6) is 5.75 Å². The van der Waals surface area contributed by atoms with Crippen molar-refractivity contribution < 1.29 is 9.53 Å². The molecule has 1 heterocycles. The summed E-state index contributed by atoms with van der Waals surface area (Å²) in [5.41, 5.74) is 1.65. The quantitative estimate of drug-likeness (QED) is 0.647. The number of rotatable bonds is 10. The van der Waals surface area contributed by atoms with E-state index in [9.17, 15) is 4.79 Å². The van der Waals surface area contributed by atoms with E-state index in [0.717, 1.165) is 36.5 Å². The van der Waals surface area contributed by atoms with Crippen molar-refractivity contribution in [3.05, 3.63) is 53.7 Å². The molecule has 0 aliphatic carbocycles. The Morgan fingerprint density at radius 1 is 1.12 bits per heavy atom. The number of ether oxygens (including phenoxy) is 1. The Bertz CT molecular complexity index is 656. The van der Waals surface area contributed by atoms with Gasteiger partial charge in [0.1, 0.15) is 11.6 Å². The lowest BCUT2D eigenvalue weighted by Crippen LogP contribution is -2.26. The average molecular weight is 341 g/mol. The van der Waals surface area contributed by atoms with Gasteiger partial charge in [-0.15, -0.1) is 0 Å². The lowest BCUT2D eigenvalue weighted by molar-refractivity contribution is 0.0953. The standard InChI is InChI=1S/C20H27N3O2/c1-3-4-7-13-21-19-11-10-17(15-23-19)20(24)22-14-12-16-8-5-6-9-18(16)25-2/h5-6,8-11,15H,3-4,7,12-14H2,1-2H3,(H,21,23)(H,22,24). The number of methoxy groups -OCH3 is 1. The minimum Gasteiger partial charge on any atom is -0.496 e. The predicted octanol–water partition coefficient (Wildman–Crippen LogP) is 3.66. The fourth-order valence-electron chi connectivity index (χ4n) is 2.55. The molecule has 1 aromatic carbocycles. The van der Waals surface area contributed by atoms with E-state index in [0.29, 0.717) is 12.1 Å². The van der Waals surface area contributed by atoms with E-state index in [4.69, 9.17) is 4.74 Å². The van der Waals surface area contributed by atoms with Crippen LogP contribution in [0.15, 0.2) is 42.6 Å². The zero-order chi connectivity index (χ0) is 17.9. The highest BCUT2D eigenvalue weighted by Gasteiger charge is 2.07. The van der Waals surface area contributed by atoms with Crippen LogP contribution in [0.2, 0.25) is 0 Å². The van der Waals surface area contributed by atoms with Crippen molar-refractivity contribution in [2.75, 3.05) is 25.5 Å². The van der Waals surface area contributed by atoms with Crippen molar-refractivity contribution in [2.24, 2.45) is 0 Å². The maximum atomic E-state index is 12.2. The minimum absolute atomic E-state index is 0.111. The SMILES string of the molecule is CCCCCNc1ccc(C(=O)NCCc2ccccc2OC)cn1. The van der Waals surface area contributed by atoms with Gasteiger partial charge in [-0.2, -0.15) is 0 Å². The average Bonchev–Trinajstić information content (AvgIpc) is 2.66. The first-order valence-electron chi connectivity index (χ1n) is 8.84. The van der Waals surface area contributed by atoms with E-state index in [1.807, 2.05) is 30.3 Å². The van der Waals surface area contributed by atoms with E-state index in [1.54, 1.807) is 19.4 Å². The Hall–Kier alpha value is -2.56. The molecule has 2 aromatic rings. The molecule has 0 radical (unpaired) electrons. The highest BCUT2D eigenvalue weighted by Crippen LogP contribution is 2.17. The van der Waals surface area contributed by atoms with Crippen LogP contribution in [-0.2, 0) is 6.42 Å². The summed E-state index contributed by atoms with van der Waals surface area (Å²) < 4.78 is 5.32. The Balaban J connectivity index is 1.78. The van der Waals surface area contributed by atoms with Gasteiger partial charge in [0.05, 0.1) is 12.7 Å². The predicted molar refractivity (Wildman–Crippen MR) is 101 cm³/mol. The van der Waals surface area contributed by atoms with Crippen molar-refractivity contribution in [2.45, 2.75) is 32.6 Å². The molecule has 0 aliphatic heterocycles. The second-order valence-electron chi connectivity index (χ2n) is 5.88. The summed E-state index contributed by atoms with van der Waals surface area (Å²) in [5.74, 6) is 1.54. The molecule has 0 saturated carbocycles. The summed E-state index contributed by atoms with van der Waals surface area (Å²) in [5, 5.41) is 6.19. The van der Waals surface area contributed by atoms with Crippen LogP contribution in [0.1, 0.15) is 42.1 Å². The first-order valence-corrected chi connectivity index (χ1v) is 8.84. The number of aromatic nitrogens is 1. The molecule has 134 valence electrons. The van der Waals surface area contributed by atoms with Crippen LogP contribution < -0.4 is 15.4 Å². The first kappa shape index (κ1) is 18.8. The Labute approximate surface area is 149 Å². The molecule has 2 N–H and O–H groups in total. The number of unbranched alkanes of at least 4 members (excludes halogenated alkanes) is 2. The number of para-hydroxylation sites is 1. The molecule has 0 unspecified atom stereocenters. The van der Waals surface area contributed by atoms with E-state index >= 15 is 0 Å². The van der Waals surface area contributed by atoms with Crippen LogP contribution in [0.4, 0.5) is 5.82 Å². The fraction of sp³-hybridized carbons (Fsp3) is 0.400. The molecule has 0 atom stereocenters. The van der Waals surface area contributed by atoms with Crippen molar-refractivity contribution in [1.29, 1.82) is 0 Å². The zero-order valence-corrected chi connectivity index (χ0v) is 15.0. The first-order chi connectivity index (χ1) is 12.2. The van der Waals surface area contributed by atoms with Gasteiger partial charge in [0, 0.05) is 19.3 Å². The summed E-state index contributed by atoms with van der Waals surface area (Å²) in [6.45, 7) is 3.64. The van der Waals surface area contributed by atoms with Gasteiger partial charge in [-0.1, -0.05) is 38.0 Å². The smallest absolute Gasteiger partial charge is 0.252 e. The van der Waals surface area contributed by atoms with Crippen molar-refractivity contribution in [3.63, 3.8) is 0 Å². The summed E-state index contributed by atoms with van der Waals surface area (Å²) in [6, 6.07) is 11.5. The number of hydrogen-bond acceptors (Lipinski definition) is 4. The van der Waals surface area contributed by atoms with Gasteiger partial charge in [0.15, 0.2) is 0 Å². The van der Waals surface area contributed by atoms with Crippen molar-refractivity contribution in [3.8, 4) is 5.75 Å². The second kappa shape index (κ2) is 10.3. The normalized spacial score (nSPS) is 10.3. The number of nitrogens with one attached hydrogen (secondary N) is 2. The molecule has 1 aromatic heterocycles. The second-order valence-corrected chi connectivity index (χ2v) is 5.88. The highest BCUT2D eigenvalue weighted by atomic mass is 16.5. The summed E-state index contributed by atoms with van der Waals surface area (Å²) in [6.07, 6.45) is 5.87. The lowest BCUT2D eigenvalue weighted by atomic mass is 10.1. The van der Waals surface area contributed by atoms with E-state index in [1.165, 1.54) is 12.8 Å². The monoisotopic (exact) mass is 341 g/mol. The molecule has 1 amide bonds. The molecule has 2 rings (SSSR count). The third kappa shape index (κ3) is 6.10. The molecule has 0 fully saturated rings. The fourth-order valence-corrected chi connectivity index (χ4v) is 2.55. The van der Waals surface area contributed by atoms with Gasteiger partial charge in [-0.3, -0.25) is 4.79 Å². The molecule has 0 spiro atoms. The summed E-state index contributed by atoms with van der Waals surface area (Å²) in [4.78, 5) is 16.5. The Morgan fingerprint density at radius 3 is 2.68 bits per heavy atom. The minimum atomic E-state index is -0.111. The maximum Gasteiger partial charge on any atom is 0.252 e. The van der Waals surface area contributed by atoms with Crippen molar-refractivity contribution in [1.82, 2.24) is 10.3 Å². The molecule has 25 heavy (non-hydrogen) atoms. The highest BCUT2D eigenvalue weighted by molar-refractivity contribution is 5.94. The third-order valence-corrected chi connectivity index (χ3v) is 3.98. The summed E-state index contributed by atoms with van der Waals surface area (Å²) >= 11 is 0. The number of benzene rings is 1. The van der Waals surface area contributed by atoms with Crippen LogP contribution in [0.3, 0.4) is 0 Å². The number of pyridine rings is 1. The summed E-state index contributed by atoms with van der Waals surface area (Å²) in [7, 11) is 1.65. The van der Waals surface area contributed by atoms with Gasteiger partial charge >= 0.3 is 0 Å². The van der Waals surface area contributed by atoms with E-state index in [2.05, 4.69) is 22.5 Å². The molecule has 5 nitrogen and oxygen atoms in total. The zero-order valence-electron chi connectivity index (χ0n) is 15.0. The van der Waals surface area contributed by atoms with Crippen LogP contribution in [0, 0.1) is 0 Å². The van der Waals surface area contributed by atoms with Gasteiger partial charge in [0.2, 0.25) is 0 Å². The molecule has 5 heteroatoms. The number of carbonyl (C=O) groups excluding carboxylic acids is 1. The Kier molecular flexibility index (Phi) is 7.76. The topological polar surface area (TPSA) is 63.2 Å². The molecule has 0 aliphatic rings. The molecular formula is C20H27N3O2. The maximum absolute atomic E-state index is 12.2. The van der Waals surface area contributed by atoms with Crippen LogP contribution >= 0.6 is 0 Å². The number of hydrogen-bond donors (Lipinski definition) is 2. The van der Waals surface area contributed by atoms with Gasteiger partial charge < -0.3 is 15.4 Å². The molecular weight excluding hydrogens is 314 g/mol. The lowest BCUT2D eigenvalue weighted by Gasteiger charge is -2.09. The number of amides is 1. The molecule has 0 bridgehead atoms. The largest absolute Gasteiger partial charge is 0.496 e. The number of anilines is 1. The van der Waals surface area contributed by atoms with E-state index < -0.39 is 0 Å². The van der Waals surface area contributed by atoms with Crippen LogP contribution in [-0.4, -0.2) is 31.1 Å². The number of nitrogens with zero attached hydrogens (tertiary/aromatic N) is 1. The van der Waals surface area contributed by atoms with Gasteiger partial charge in [-0.05, 0) is 36.6 Å². The number of carbonyl (C=O) groups is 1. The Morgan fingerprint density at radius 2 is 1.96 bits per heavy atom. The third-order valence-electron chi connectivity index (χ3n) is 3.98. The van der Waals surface area contributed by atoms with Gasteiger partial charge in [-0.25, -0.2) is 4.98 Å². The van der Waals surface area contributed by atoms with Gasteiger partial charge in [0.25, 0.3) is 5.91 Å².